The first-order valence-corrected chi connectivity index (χ1v) is 5.00. The standard InChI is InChI=1S/C12H11F2NO2/c13-12(14)17-9-5-3-8(4-6-9)11(15)10-2-1-7-16-10/h1-7,11-12H,15H2. The first-order valence-electron chi connectivity index (χ1n) is 5.00. The molecule has 1 aromatic heterocycles. The first-order chi connectivity index (χ1) is 8.16. The van der Waals surface area contributed by atoms with Crippen molar-refractivity contribution in [2.24, 2.45) is 5.73 Å². The van der Waals surface area contributed by atoms with Crippen LogP contribution in [0.15, 0.2) is 47.1 Å². The van der Waals surface area contributed by atoms with E-state index in [1.54, 1.807) is 24.3 Å². The number of nitrogens with two attached hydrogens (primary N) is 1. The summed E-state index contributed by atoms with van der Waals surface area (Å²) in [7, 11) is 0. The maximum atomic E-state index is 11.9. The van der Waals surface area contributed by atoms with E-state index in [2.05, 4.69) is 4.74 Å². The molecule has 1 aromatic carbocycles. The van der Waals surface area contributed by atoms with Gasteiger partial charge < -0.3 is 14.9 Å². The summed E-state index contributed by atoms with van der Waals surface area (Å²) in [6.07, 6.45) is 1.53. The minimum atomic E-state index is -2.82. The quantitative estimate of drug-likeness (QED) is 0.892. The third kappa shape index (κ3) is 2.82. The minimum Gasteiger partial charge on any atom is -0.467 e. The van der Waals surface area contributed by atoms with Gasteiger partial charge in [0.05, 0.1) is 12.3 Å². The molecule has 0 aliphatic rings. The second-order valence-corrected chi connectivity index (χ2v) is 3.44. The highest BCUT2D eigenvalue weighted by Crippen LogP contribution is 2.22. The van der Waals surface area contributed by atoms with Crippen LogP contribution in [0, 0.1) is 0 Å². The van der Waals surface area contributed by atoms with Crippen molar-refractivity contribution in [3.8, 4) is 5.75 Å². The summed E-state index contributed by atoms with van der Waals surface area (Å²) in [6, 6.07) is 9.24. The number of rotatable bonds is 4. The van der Waals surface area contributed by atoms with Gasteiger partial charge >= 0.3 is 6.61 Å². The molecule has 2 rings (SSSR count). The van der Waals surface area contributed by atoms with Crippen molar-refractivity contribution in [1.82, 2.24) is 0 Å². The molecule has 0 fully saturated rings. The largest absolute Gasteiger partial charge is 0.467 e. The number of alkyl halides is 2. The van der Waals surface area contributed by atoms with E-state index < -0.39 is 12.7 Å². The fraction of sp³-hybridized carbons (Fsp3) is 0.167. The summed E-state index contributed by atoms with van der Waals surface area (Å²) in [5, 5.41) is 0. The highest BCUT2D eigenvalue weighted by Gasteiger charge is 2.12. The van der Waals surface area contributed by atoms with Crippen LogP contribution in [0.2, 0.25) is 0 Å². The lowest BCUT2D eigenvalue weighted by molar-refractivity contribution is -0.0498. The summed E-state index contributed by atoms with van der Waals surface area (Å²) in [5.74, 6) is 0.725. The van der Waals surface area contributed by atoms with Gasteiger partial charge in [-0.15, -0.1) is 0 Å². The maximum Gasteiger partial charge on any atom is 0.387 e. The van der Waals surface area contributed by atoms with Crippen LogP contribution in [0.4, 0.5) is 8.78 Å². The molecule has 2 aromatic rings. The van der Waals surface area contributed by atoms with Crippen molar-refractivity contribution in [1.29, 1.82) is 0 Å². The van der Waals surface area contributed by atoms with Crippen molar-refractivity contribution >= 4 is 0 Å². The summed E-state index contributed by atoms with van der Waals surface area (Å²) < 4.78 is 33.3. The van der Waals surface area contributed by atoms with Gasteiger partial charge in [-0.05, 0) is 29.8 Å². The molecule has 1 unspecified atom stereocenters. The predicted molar refractivity (Wildman–Crippen MR) is 57.8 cm³/mol. The molecule has 0 saturated carbocycles. The van der Waals surface area contributed by atoms with Gasteiger partial charge in [-0.2, -0.15) is 8.78 Å². The van der Waals surface area contributed by atoms with E-state index >= 15 is 0 Å². The van der Waals surface area contributed by atoms with E-state index in [-0.39, 0.29) is 5.75 Å². The second-order valence-electron chi connectivity index (χ2n) is 3.44. The zero-order chi connectivity index (χ0) is 12.3. The topological polar surface area (TPSA) is 48.4 Å². The Morgan fingerprint density at radius 1 is 1.12 bits per heavy atom. The van der Waals surface area contributed by atoms with Crippen LogP contribution in [-0.2, 0) is 0 Å². The Bertz CT molecular complexity index is 454. The summed E-state index contributed by atoms with van der Waals surface area (Å²) in [5.41, 5.74) is 6.69. The van der Waals surface area contributed by atoms with Gasteiger partial charge in [0.15, 0.2) is 0 Å². The van der Waals surface area contributed by atoms with Crippen LogP contribution in [0.25, 0.3) is 0 Å². The average Bonchev–Trinajstić information content (AvgIpc) is 2.82. The van der Waals surface area contributed by atoms with Crippen LogP contribution in [-0.4, -0.2) is 6.61 Å². The van der Waals surface area contributed by atoms with Crippen LogP contribution >= 0.6 is 0 Å². The molecule has 0 bridgehead atoms. The molecule has 17 heavy (non-hydrogen) atoms. The number of furan rings is 1. The molecule has 1 heterocycles. The molecule has 0 aliphatic carbocycles. The summed E-state index contributed by atoms with van der Waals surface area (Å²) in [6.45, 7) is -2.82. The van der Waals surface area contributed by atoms with E-state index in [1.807, 2.05) is 0 Å². The van der Waals surface area contributed by atoms with E-state index in [4.69, 9.17) is 10.2 Å². The normalized spacial score (nSPS) is 12.7. The number of ether oxygens (including phenoxy) is 1. The first kappa shape index (κ1) is 11.6. The van der Waals surface area contributed by atoms with Crippen molar-refractivity contribution in [3.63, 3.8) is 0 Å². The maximum absolute atomic E-state index is 11.9. The molecule has 5 heteroatoms. The molecule has 90 valence electrons. The number of hydrogen-bond acceptors (Lipinski definition) is 3. The lowest BCUT2D eigenvalue weighted by Crippen LogP contribution is -2.10. The zero-order valence-electron chi connectivity index (χ0n) is 8.85. The SMILES string of the molecule is NC(c1ccc(OC(F)F)cc1)c1ccco1. The molecule has 2 N–H and O–H groups in total. The highest BCUT2D eigenvalue weighted by molar-refractivity contribution is 5.32. The number of benzene rings is 1. The van der Waals surface area contributed by atoms with Gasteiger partial charge in [0.25, 0.3) is 0 Å². The van der Waals surface area contributed by atoms with Gasteiger partial charge in [0.1, 0.15) is 11.5 Å². The second kappa shape index (κ2) is 4.97. The van der Waals surface area contributed by atoms with Crippen LogP contribution < -0.4 is 10.5 Å². The Labute approximate surface area is 96.8 Å². The van der Waals surface area contributed by atoms with Crippen LogP contribution in [0.5, 0.6) is 5.75 Å². The molecular formula is C12H11F2NO2. The summed E-state index contributed by atoms with van der Waals surface area (Å²) in [4.78, 5) is 0. The molecule has 1 atom stereocenters. The van der Waals surface area contributed by atoms with E-state index in [9.17, 15) is 8.78 Å². The highest BCUT2D eigenvalue weighted by atomic mass is 19.3. The lowest BCUT2D eigenvalue weighted by atomic mass is 10.1. The van der Waals surface area contributed by atoms with E-state index in [0.717, 1.165) is 5.56 Å². The van der Waals surface area contributed by atoms with Gasteiger partial charge in [0, 0.05) is 0 Å². The number of hydrogen-bond donors (Lipinski definition) is 1. The molecule has 0 amide bonds. The van der Waals surface area contributed by atoms with Gasteiger partial charge in [-0.1, -0.05) is 12.1 Å². The monoisotopic (exact) mass is 239 g/mol. The molecular weight excluding hydrogens is 228 g/mol. The Morgan fingerprint density at radius 3 is 2.35 bits per heavy atom. The summed E-state index contributed by atoms with van der Waals surface area (Å²) >= 11 is 0. The molecule has 0 saturated heterocycles. The Hall–Kier alpha value is -1.88. The fourth-order valence-electron chi connectivity index (χ4n) is 1.49. The minimum absolute atomic E-state index is 0.107. The van der Waals surface area contributed by atoms with E-state index in [1.165, 1.54) is 18.4 Å². The van der Waals surface area contributed by atoms with E-state index in [0.29, 0.717) is 5.76 Å². The predicted octanol–water partition coefficient (Wildman–Crippen LogP) is 2.93. The molecule has 0 spiro atoms. The van der Waals surface area contributed by atoms with Crippen LogP contribution in [0.1, 0.15) is 17.4 Å². The lowest BCUT2D eigenvalue weighted by Gasteiger charge is -2.10. The Morgan fingerprint density at radius 2 is 1.82 bits per heavy atom. The Balaban J connectivity index is 2.12. The molecule has 0 radical (unpaired) electrons. The smallest absolute Gasteiger partial charge is 0.387 e. The van der Waals surface area contributed by atoms with Crippen molar-refractivity contribution in [2.75, 3.05) is 0 Å². The zero-order valence-corrected chi connectivity index (χ0v) is 8.85. The fourth-order valence-corrected chi connectivity index (χ4v) is 1.49. The Kier molecular flexibility index (Phi) is 3.39. The van der Waals surface area contributed by atoms with Crippen molar-refractivity contribution in [2.45, 2.75) is 12.7 Å². The van der Waals surface area contributed by atoms with Gasteiger partial charge in [-0.3, -0.25) is 0 Å². The van der Waals surface area contributed by atoms with Crippen molar-refractivity contribution in [3.05, 3.63) is 54.0 Å². The van der Waals surface area contributed by atoms with Gasteiger partial charge in [0.2, 0.25) is 0 Å². The molecule has 0 aliphatic heterocycles. The molecule has 3 nitrogen and oxygen atoms in total. The van der Waals surface area contributed by atoms with Crippen molar-refractivity contribution < 1.29 is 17.9 Å². The van der Waals surface area contributed by atoms with Gasteiger partial charge in [-0.25, -0.2) is 0 Å². The number of halogens is 2. The average molecular weight is 239 g/mol. The third-order valence-electron chi connectivity index (χ3n) is 2.31. The third-order valence-corrected chi connectivity index (χ3v) is 2.31. The van der Waals surface area contributed by atoms with Crippen LogP contribution in [0.3, 0.4) is 0 Å².